The average molecular weight is 780 g/mol. The van der Waals surface area contributed by atoms with Gasteiger partial charge in [0.1, 0.15) is 6.10 Å². The normalized spacial score (nSPS) is 14.2. The van der Waals surface area contributed by atoms with E-state index in [1.807, 2.05) is 6.08 Å². The van der Waals surface area contributed by atoms with Crippen LogP contribution in [0.2, 0.25) is 0 Å². The van der Waals surface area contributed by atoms with Crippen molar-refractivity contribution in [3.8, 4) is 0 Å². The number of allylic oxidation sites excluding steroid dienone is 14. The van der Waals surface area contributed by atoms with Crippen molar-refractivity contribution >= 4 is 11.9 Å². The van der Waals surface area contributed by atoms with E-state index in [9.17, 15) is 19.8 Å². The lowest BCUT2D eigenvalue weighted by Crippen LogP contribution is -2.46. The van der Waals surface area contributed by atoms with Gasteiger partial charge in [-0.05, 0) is 83.5 Å². The number of hydrogen-bond acceptors (Lipinski definition) is 5. The van der Waals surface area contributed by atoms with Crippen LogP contribution in [0.3, 0.4) is 0 Å². The first-order valence-electron chi connectivity index (χ1n) is 22.8. The SMILES string of the molecule is CC/C=C\C/C=C\C/C=C\C/C=C\C/C=C\C/C=C\CCC(=O)OC(CCCCC/C=C\CCC)CC(=O)NC(CO)C(O)CCCCCCCCCCCC. The molecule has 320 valence electrons. The van der Waals surface area contributed by atoms with E-state index in [0.717, 1.165) is 96.3 Å². The average Bonchev–Trinajstić information content (AvgIpc) is 3.19. The molecule has 0 saturated carbocycles. The van der Waals surface area contributed by atoms with Crippen molar-refractivity contribution in [3.63, 3.8) is 0 Å². The lowest BCUT2D eigenvalue weighted by atomic mass is 10.0. The van der Waals surface area contributed by atoms with Gasteiger partial charge in [0.15, 0.2) is 0 Å². The van der Waals surface area contributed by atoms with Crippen molar-refractivity contribution in [2.45, 2.75) is 212 Å². The third-order valence-corrected chi connectivity index (χ3v) is 9.70. The van der Waals surface area contributed by atoms with Crippen LogP contribution in [-0.2, 0) is 14.3 Å². The summed E-state index contributed by atoms with van der Waals surface area (Å²) in [5.74, 6) is -0.604. The molecule has 0 bridgehead atoms. The van der Waals surface area contributed by atoms with E-state index in [0.29, 0.717) is 19.3 Å². The fraction of sp³-hybridized carbons (Fsp3) is 0.680. The molecule has 0 spiro atoms. The molecule has 3 N–H and O–H groups in total. The molecule has 0 saturated heterocycles. The Hall–Kier alpha value is -2.96. The maximum absolute atomic E-state index is 13.1. The molecule has 6 heteroatoms. The van der Waals surface area contributed by atoms with Gasteiger partial charge in [-0.1, -0.05) is 183 Å². The fourth-order valence-electron chi connectivity index (χ4n) is 6.28. The second-order valence-corrected chi connectivity index (χ2v) is 15.1. The Bertz CT molecular complexity index is 1100. The molecule has 0 rings (SSSR count). The molecular formula is C50H85NO5. The first-order chi connectivity index (χ1) is 27.5. The molecule has 0 aliphatic heterocycles. The third-order valence-electron chi connectivity index (χ3n) is 9.70. The quantitative estimate of drug-likeness (QED) is 0.0328. The van der Waals surface area contributed by atoms with Crippen molar-refractivity contribution in [3.05, 3.63) is 85.1 Å². The number of ether oxygens (including phenoxy) is 1. The molecule has 0 aliphatic carbocycles. The number of rotatable bonds is 39. The highest BCUT2D eigenvalue weighted by Crippen LogP contribution is 2.16. The predicted octanol–water partition coefficient (Wildman–Crippen LogP) is 13.2. The van der Waals surface area contributed by atoms with E-state index in [1.165, 1.54) is 44.9 Å². The van der Waals surface area contributed by atoms with Crippen LogP contribution in [0, 0.1) is 0 Å². The van der Waals surface area contributed by atoms with Crippen molar-refractivity contribution in [1.29, 1.82) is 0 Å². The predicted molar refractivity (Wildman–Crippen MR) is 241 cm³/mol. The molecule has 0 radical (unpaired) electrons. The first-order valence-corrected chi connectivity index (χ1v) is 22.8. The Morgan fingerprint density at radius 1 is 0.536 bits per heavy atom. The maximum atomic E-state index is 13.1. The van der Waals surface area contributed by atoms with Gasteiger partial charge in [0.05, 0.1) is 25.2 Å². The van der Waals surface area contributed by atoms with Crippen LogP contribution in [-0.4, -0.2) is 46.9 Å². The van der Waals surface area contributed by atoms with Gasteiger partial charge < -0.3 is 20.3 Å². The first kappa shape index (κ1) is 53.0. The third kappa shape index (κ3) is 37.9. The number of hydrogen-bond donors (Lipinski definition) is 3. The van der Waals surface area contributed by atoms with Crippen LogP contribution in [0.5, 0.6) is 0 Å². The summed E-state index contributed by atoms with van der Waals surface area (Å²) in [6.45, 7) is 6.24. The molecular weight excluding hydrogens is 695 g/mol. The van der Waals surface area contributed by atoms with E-state index in [4.69, 9.17) is 4.74 Å². The van der Waals surface area contributed by atoms with Gasteiger partial charge in [0.25, 0.3) is 0 Å². The summed E-state index contributed by atoms with van der Waals surface area (Å²) in [7, 11) is 0. The molecule has 3 atom stereocenters. The Morgan fingerprint density at radius 3 is 1.54 bits per heavy atom. The number of aliphatic hydroxyl groups is 2. The van der Waals surface area contributed by atoms with Crippen LogP contribution in [0.25, 0.3) is 0 Å². The number of unbranched alkanes of at least 4 members (excludes halogenated alkanes) is 13. The minimum absolute atomic E-state index is 0.0313. The summed E-state index contributed by atoms with van der Waals surface area (Å²) in [6, 6.07) is -0.722. The topological polar surface area (TPSA) is 95.9 Å². The molecule has 6 nitrogen and oxygen atoms in total. The van der Waals surface area contributed by atoms with Crippen LogP contribution in [0.1, 0.15) is 194 Å². The second kappa shape index (κ2) is 43.2. The molecule has 0 fully saturated rings. The molecule has 0 aromatic rings. The summed E-state index contributed by atoms with van der Waals surface area (Å²) in [6.07, 6.45) is 55.2. The highest BCUT2D eigenvalue weighted by atomic mass is 16.5. The number of carbonyl (C=O) groups is 2. The lowest BCUT2D eigenvalue weighted by molar-refractivity contribution is -0.150. The fourth-order valence-corrected chi connectivity index (χ4v) is 6.28. The summed E-state index contributed by atoms with van der Waals surface area (Å²) in [5, 5.41) is 23.5. The van der Waals surface area contributed by atoms with Gasteiger partial charge in [-0.15, -0.1) is 0 Å². The summed E-state index contributed by atoms with van der Waals surface area (Å²) >= 11 is 0. The number of nitrogens with one attached hydrogen (secondary N) is 1. The van der Waals surface area contributed by atoms with Crippen molar-refractivity contribution in [2.24, 2.45) is 0 Å². The van der Waals surface area contributed by atoms with E-state index in [1.54, 1.807) is 0 Å². The Balaban J connectivity index is 4.62. The van der Waals surface area contributed by atoms with E-state index in [-0.39, 0.29) is 31.3 Å². The molecule has 3 unspecified atom stereocenters. The molecule has 0 aromatic heterocycles. The van der Waals surface area contributed by atoms with Crippen molar-refractivity contribution < 1.29 is 24.5 Å². The number of carbonyl (C=O) groups excluding carboxylic acids is 2. The minimum Gasteiger partial charge on any atom is -0.462 e. The van der Waals surface area contributed by atoms with Crippen LogP contribution in [0.4, 0.5) is 0 Å². The van der Waals surface area contributed by atoms with Crippen molar-refractivity contribution in [1.82, 2.24) is 5.32 Å². The zero-order valence-corrected chi connectivity index (χ0v) is 36.2. The van der Waals surface area contributed by atoms with Gasteiger partial charge >= 0.3 is 5.97 Å². The summed E-state index contributed by atoms with van der Waals surface area (Å²) in [5.41, 5.74) is 0. The smallest absolute Gasteiger partial charge is 0.306 e. The Kier molecular flexibility index (Phi) is 40.9. The number of amides is 1. The summed E-state index contributed by atoms with van der Waals surface area (Å²) < 4.78 is 5.83. The molecule has 1 amide bonds. The van der Waals surface area contributed by atoms with Gasteiger partial charge in [-0.25, -0.2) is 0 Å². The van der Waals surface area contributed by atoms with Crippen LogP contribution < -0.4 is 5.32 Å². The largest absolute Gasteiger partial charge is 0.462 e. The zero-order chi connectivity index (χ0) is 41.0. The molecule has 56 heavy (non-hydrogen) atoms. The monoisotopic (exact) mass is 780 g/mol. The molecule has 0 aromatic carbocycles. The zero-order valence-electron chi connectivity index (χ0n) is 36.2. The summed E-state index contributed by atoms with van der Waals surface area (Å²) in [4.78, 5) is 25.9. The minimum atomic E-state index is -0.804. The van der Waals surface area contributed by atoms with Gasteiger partial charge in [0.2, 0.25) is 5.91 Å². The number of aliphatic hydroxyl groups excluding tert-OH is 2. The van der Waals surface area contributed by atoms with E-state index < -0.39 is 18.2 Å². The second-order valence-electron chi connectivity index (χ2n) is 15.1. The maximum Gasteiger partial charge on any atom is 0.306 e. The molecule has 0 heterocycles. The van der Waals surface area contributed by atoms with Gasteiger partial charge in [-0.3, -0.25) is 9.59 Å². The molecule has 0 aliphatic rings. The van der Waals surface area contributed by atoms with Gasteiger partial charge in [0, 0.05) is 6.42 Å². The highest BCUT2D eigenvalue weighted by molar-refractivity contribution is 5.77. The highest BCUT2D eigenvalue weighted by Gasteiger charge is 2.23. The standard InChI is InChI=1S/C50H85NO5/c1-4-7-10-13-16-19-21-22-23-24-25-26-27-28-29-31-34-37-40-43-50(55)56-46(41-38-35-32-18-15-12-9-6-3)44-49(54)51-47(45-52)48(53)42-39-36-33-30-20-17-14-11-8-5-2/h7,10,12,15-16,19,22-23,25-26,28-29,34,37,46-48,52-53H,4-6,8-9,11,13-14,17-18,20-21,24,27,30-33,35-36,38-45H2,1-3H3,(H,51,54)/b10-7-,15-12-,19-16-,23-22-,26-25-,29-28-,37-34-. The Labute approximate surface area is 344 Å². The van der Waals surface area contributed by atoms with E-state index >= 15 is 0 Å². The van der Waals surface area contributed by atoms with E-state index in [2.05, 4.69) is 105 Å². The van der Waals surface area contributed by atoms with Crippen LogP contribution in [0.15, 0.2) is 85.1 Å². The lowest BCUT2D eigenvalue weighted by Gasteiger charge is -2.24. The Morgan fingerprint density at radius 2 is 1.00 bits per heavy atom. The van der Waals surface area contributed by atoms with Gasteiger partial charge in [-0.2, -0.15) is 0 Å². The van der Waals surface area contributed by atoms with Crippen LogP contribution >= 0.6 is 0 Å². The number of esters is 1. The van der Waals surface area contributed by atoms with Crippen molar-refractivity contribution in [2.75, 3.05) is 6.61 Å².